The SMILES string of the molecule is c1ccc(-c2cc(-n3c4ccccc4c4cc(-n5c6ccccc6c6c5ccc5c7ccccc7n(-c7ccccc7)c56)ccc43)cc(-c3ccccc3)n2)cc1.c1ccc(-c2nc(-c3ccccc3)nc(-n3c4ccccc4c4cc(-c5ccc(-n6c7ccccc7c7c6ccc6c8ccccc8n(-c8ccccc8)c67)cc5)ccc43)n2)cc1. The van der Waals surface area contributed by atoms with E-state index >= 15 is 0 Å². The Kier molecular flexibility index (Phi) is 15.7. The summed E-state index contributed by atoms with van der Waals surface area (Å²) >= 11 is 0. The van der Waals surface area contributed by atoms with E-state index in [1.165, 1.54) is 98.0 Å². The molecule has 0 N–H and O–H groups in total. The minimum absolute atomic E-state index is 0.582. The predicted octanol–water partition coefficient (Wildman–Crippen LogP) is 27.9. The van der Waals surface area contributed by atoms with Crippen LogP contribution < -0.4 is 0 Å². The molecule has 0 aliphatic carbocycles. The Morgan fingerprint density at radius 3 is 0.925 bits per heavy atom. The van der Waals surface area contributed by atoms with Crippen LogP contribution in [0.25, 0.3) is 222 Å². The third-order valence-corrected chi connectivity index (χ3v) is 24.1. The van der Waals surface area contributed by atoms with Crippen LogP contribution in [-0.4, -0.2) is 47.3 Å². The molecule has 25 rings (SSSR count). The third-order valence-electron chi connectivity index (χ3n) is 24.1. The minimum atomic E-state index is 0.582. The summed E-state index contributed by atoms with van der Waals surface area (Å²) < 4.78 is 14.3. The molecule has 0 fully saturated rings. The number of nitrogens with zero attached hydrogens (tertiary/aromatic N) is 10. The highest BCUT2D eigenvalue weighted by atomic mass is 15.2. The lowest BCUT2D eigenvalue weighted by Crippen LogP contribution is -2.06. The van der Waals surface area contributed by atoms with Crippen LogP contribution in [-0.2, 0) is 0 Å². The first-order chi connectivity index (χ1) is 59.6. The molecule has 17 aromatic carbocycles. The van der Waals surface area contributed by atoms with Crippen LogP contribution in [0, 0.1) is 0 Å². The second-order valence-electron chi connectivity index (χ2n) is 30.8. The van der Waals surface area contributed by atoms with Crippen LogP contribution in [0.3, 0.4) is 0 Å². The summed E-state index contributed by atoms with van der Waals surface area (Å²) in [7, 11) is 0. The molecule has 25 aromatic rings. The maximum atomic E-state index is 5.19. The lowest BCUT2D eigenvalue weighted by Gasteiger charge is -2.14. The molecule has 0 bridgehead atoms. The van der Waals surface area contributed by atoms with E-state index in [0.29, 0.717) is 17.6 Å². The molecule has 10 nitrogen and oxygen atoms in total. The van der Waals surface area contributed by atoms with Gasteiger partial charge < -0.3 is 22.8 Å². The zero-order valence-corrected chi connectivity index (χ0v) is 64.9. The van der Waals surface area contributed by atoms with E-state index in [1.54, 1.807) is 0 Å². The fourth-order valence-corrected chi connectivity index (χ4v) is 18.9. The van der Waals surface area contributed by atoms with E-state index < -0.39 is 0 Å². The Morgan fingerprint density at radius 2 is 0.458 bits per heavy atom. The summed E-state index contributed by atoms with van der Waals surface area (Å²) in [6.45, 7) is 0. The molecular weight excluding hydrogens is 1460 g/mol. The zero-order valence-electron chi connectivity index (χ0n) is 64.9. The fourth-order valence-electron chi connectivity index (χ4n) is 18.9. The molecule has 0 unspecified atom stereocenters. The molecule has 0 atom stereocenters. The van der Waals surface area contributed by atoms with Crippen LogP contribution in [0.5, 0.6) is 0 Å². The lowest BCUT2D eigenvalue weighted by molar-refractivity contribution is 0.953. The Bertz CT molecular complexity index is 8250. The number of pyridine rings is 1. The van der Waals surface area contributed by atoms with Crippen molar-refractivity contribution < 1.29 is 0 Å². The van der Waals surface area contributed by atoms with E-state index in [9.17, 15) is 0 Å². The maximum absolute atomic E-state index is 5.19. The molecular formula is C110H70N10. The van der Waals surface area contributed by atoms with Crippen molar-refractivity contribution in [2.45, 2.75) is 0 Å². The van der Waals surface area contributed by atoms with E-state index in [0.717, 1.165) is 106 Å². The summed E-state index contributed by atoms with van der Waals surface area (Å²) in [5.41, 5.74) is 27.8. The molecule has 8 aromatic heterocycles. The van der Waals surface area contributed by atoms with Gasteiger partial charge in [-0.05, 0) is 139 Å². The first kappa shape index (κ1) is 68.1. The van der Waals surface area contributed by atoms with Gasteiger partial charge in [0, 0.05) is 110 Å². The van der Waals surface area contributed by atoms with E-state index in [-0.39, 0.29) is 0 Å². The maximum Gasteiger partial charge on any atom is 0.238 e. The second-order valence-corrected chi connectivity index (χ2v) is 30.8. The van der Waals surface area contributed by atoms with Crippen LogP contribution >= 0.6 is 0 Å². The average Bonchev–Trinajstić information content (AvgIpc) is 1.53. The number of hydrogen-bond donors (Lipinski definition) is 0. The van der Waals surface area contributed by atoms with Gasteiger partial charge in [0.1, 0.15) is 0 Å². The van der Waals surface area contributed by atoms with Gasteiger partial charge in [-0.3, -0.25) is 4.57 Å². The van der Waals surface area contributed by atoms with Gasteiger partial charge in [-0.15, -0.1) is 0 Å². The van der Waals surface area contributed by atoms with Crippen molar-refractivity contribution >= 4 is 131 Å². The standard InChI is InChI=1S/C57H36N6.C53H34N4/c1-4-16-38(17-5-1)55-58-56(39-18-6-2-7-19-39)60-57(59-55)63-49-26-14-11-23-44(49)47-36-40(30-34-51(47)63)37-28-31-42(32-29-37)61-50-27-15-12-24-46(50)53-52(61)35-33-45-43-22-10-13-25-48(43)62(54(45)53)41-20-8-3-9-21-41;1-4-16-35(17-5-1)45-33-39(34-46(54-45)36-18-6-2-7-19-36)56-47-25-13-11-23-41(47)44-32-38(28-30-50(44)56)55-49-27-15-12-24-43(49)52-51(55)31-29-42-40-22-10-14-26-48(40)57(53(42)52)37-20-8-3-9-21-37/h1-36H;1-34H. The molecule has 0 saturated heterocycles. The Balaban J connectivity index is 0.000000137. The largest absolute Gasteiger partial charge is 0.309 e. The number of hydrogen-bond acceptors (Lipinski definition) is 4. The van der Waals surface area contributed by atoms with Gasteiger partial charge in [0.05, 0.1) is 83.3 Å². The van der Waals surface area contributed by atoms with Gasteiger partial charge in [0.25, 0.3) is 0 Å². The van der Waals surface area contributed by atoms with Crippen molar-refractivity contribution in [1.82, 2.24) is 47.3 Å². The topological polar surface area (TPSA) is 81.1 Å². The molecule has 0 aliphatic heterocycles. The van der Waals surface area contributed by atoms with Crippen molar-refractivity contribution in [2.24, 2.45) is 0 Å². The number of rotatable bonds is 11. The second kappa shape index (κ2) is 27.7. The highest BCUT2D eigenvalue weighted by Crippen LogP contribution is 2.47. The van der Waals surface area contributed by atoms with Gasteiger partial charge in [-0.1, -0.05) is 297 Å². The molecule has 8 heterocycles. The van der Waals surface area contributed by atoms with Crippen LogP contribution in [0.1, 0.15) is 0 Å². The molecule has 560 valence electrons. The average molecular weight is 1530 g/mol. The van der Waals surface area contributed by atoms with E-state index in [4.69, 9.17) is 19.9 Å². The van der Waals surface area contributed by atoms with Gasteiger partial charge in [0.2, 0.25) is 5.95 Å². The number of fused-ring (bicyclic) bond motifs is 20. The van der Waals surface area contributed by atoms with Gasteiger partial charge >= 0.3 is 0 Å². The summed E-state index contributed by atoms with van der Waals surface area (Å²) in [5.74, 6) is 1.85. The molecule has 0 radical (unpaired) electrons. The zero-order chi connectivity index (χ0) is 78.9. The van der Waals surface area contributed by atoms with Gasteiger partial charge in [-0.25, -0.2) is 9.97 Å². The quantitative estimate of drug-likeness (QED) is 0.129. The smallest absolute Gasteiger partial charge is 0.238 e. The lowest BCUT2D eigenvalue weighted by atomic mass is 10.0. The molecule has 0 saturated carbocycles. The normalized spacial score (nSPS) is 11.8. The van der Waals surface area contributed by atoms with Crippen molar-refractivity contribution in [3.63, 3.8) is 0 Å². The number of benzene rings is 17. The van der Waals surface area contributed by atoms with Gasteiger partial charge in [0.15, 0.2) is 11.6 Å². The first-order valence-electron chi connectivity index (χ1n) is 40.8. The predicted molar refractivity (Wildman–Crippen MR) is 497 cm³/mol. The number of para-hydroxylation sites is 8. The summed E-state index contributed by atoms with van der Waals surface area (Å²) in [4.78, 5) is 20.4. The molecule has 0 aliphatic rings. The Morgan fingerprint density at radius 1 is 0.150 bits per heavy atom. The van der Waals surface area contributed by atoms with E-state index in [2.05, 4.69) is 391 Å². The highest BCUT2D eigenvalue weighted by molar-refractivity contribution is 6.28. The molecule has 120 heavy (non-hydrogen) atoms. The molecule has 0 spiro atoms. The molecule has 0 amide bonds. The minimum Gasteiger partial charge on any atom is -0.309 e. The van der Waals surface area contributed by atoms with Crippen molar-refractivity contribution in [1.29, 1.82) is 0 Å². The summed E-state index contributed by atoms with van der Waals surface area (Å²) in [6, 6.07) is 152. The van der Waals surface area contributed by atoms with Crippen molar-refractivity contribution in [3.8, 4) is 90.8 Å². The van der Waals surface area contributed by atoms with Gasteiger partial charge in [-0.2, -0.15) is 9.97 Å². The third kappa shape index (κ3) is 10.9. The fraction of sp³-hybridized carbons (Fsp3) is 0. The van der Waals surface area contributed by atoms with Crippen LogP contribution in [0.2, 0.25) is 0 Å². The molecule has 10 heteroatoms. The van der Waals surface area contributed by atoms with Crippen molar-refractivity contribution in [2.75, 3.05) is 0 Å². The van der Waals surface area contributed by atoms with Crippen LogP contribution in [0.4, 0.5) is 0 Å². The highest BCUT2D eigenvalue weighted by Gasteiger charge is 2.26. The van der Waals surface area contributed by atoms with Crippen molar-refractivity contribution in [3.05, 3.63) is 425 Å². The Labute approximate surface area is 689 Å². The Hall–Kier alpha value is -16.3. The summed E-state index contributed by atoms with van der Waals surface area (Å²) in [6.07, 6.45) is 0. The van der Waals surface area contributed by atoms with Crippen LogP contribution in [0.15, 0.2) is 425 Å². The number of aromatic nitrogens is 10. The summed E-state index contributed by atoms with van der Waals surface area (Å²) in [5, 5.41) is 14.7. The van der Waals surface area contributed by atoms with E-state index in [1.807, 2.05) is 60.7 Å². The first-order valence-corrected chi connectivity index (χ1v) is 40.8. The monoisotopic (exact) mass is 1530 g/mol.